The first-order valence-corrected chi connectivity index (χ1v) is 30.0. The number of aliphatic hydroxyl groups is 6. The molecule has 15 N–H and O–H groups in total. The molecular weight excluding hydrogens is 1090 g/mol. The van der Waals surface area contributed by atoms with E-state index in [1.54, 1.807) is 0 Å². The predicted octanol–water partition coefficient (Wildman–Crippen LogP) is -0.560. The number of benzene rings is 2. The molecule has 2 aromatic carbocycles. The zero-order valence-electron chi connectivity index (χ0n) is 49.1. The SMILES string of the molecule is CC[C@H](C)C[C@H](C)CCCCCCCCC(=O)N[C@H]1C[C@@H](O)[C@@H](CNCCCc2ccccc2)NC(=O)[C@@H]2[C@@H](O)CCN2C(=O)[C@H]([C@H](O)CC(N)=O)NC(=O)[C@H]([C@H](O)Cc2ccc(O)cc2)NC(=O)[C@@H]2C[C@@H](O)CN2C(=O)[C@H]([C@@H](C)O)NC1=O. The Morgan fingerprint density at radius 3 is 2.00 bits per heavy atom. The van der Waals surface area contributed by atoms with Gasteiger partial charge in [0.05, 0.1) is 49.1 Å². The van der Waals surface area contributed by atoms with E-state index in [4.69, 9.17) is 5.73 Å². The maximum Gasteiger partial charge on any atom is 0.248 e. The Balaban J connectivity index is 1.51. The Kier molecular flexibility index (Phi) is 27.7. The van der Waals surface area contributed by atoms with Crippen molar-refractivity contribution in [3.8, 4) is 5.75 Å². The minimum Gasteiger partial charge on any atom is -0.508 e. The number of rotatable bonds is 26. The molecule has 2 aromatic rings. The maximum absolute atomic E-state index is 14.8. The lowest BCUT2D eigenvalue weighted by Gasteiger charge is -2.34. The van der Waals surface area contributed by atoms with Gasteiger partial charge in [-0.15, -0.1) is 0 Å². The van der Waals surface area contributed by atoms with Crippen LogP contribution in [0, 0.1) is 11.8 Å². The number of nitrogens with zero attached hydrogens (tertiary/aromatic N) is 2. The molecule has 0 unspecified atom stereocenters. The molecule has 24 nitrogen and oxygen atoms in total. The highest BCUT2D eigenvalue weighted by Gasteiger charge is 2.48. The van der Waals surface area contributed by atoms with Crippen molar-refractivity contribution in [2.45, 2.75) is 216 Å². The topological polar surface area (TPSA) is 383 Å². The summed E-state index contributed by atoms with van der Waals surface area (Å²) in [6.45, 7) is 7.26. The van der Waals surface area contributed by atoms with Crippen LogP contribution in [0.2, 0.25) is 0 Å². The van der Waals surface area contributed by atoms with Crippen molar-refractivity contribution in [3.63, 3.8) is 0 Å². The van der Waals surface area contributed by atoms with E-state index in [0.717, 1.165) is 53.9 Å². The van der Waals surface area contributed by atoms with Gasteiger partial charge in [-0.25, -0.2) is 0 Å². The summed E-state index contributed by atoms with van der Waals surface area (Å²) in [5, 5.41) is 94.7. The molecule has 24 heteroatoms. The van der Waals surface area contributed by atoms with Gasteiger partial charge in [0.1, 0.15) is 42.0 Å². The normalized spacial score (nSPS) is 26.7. The fraction of sp³-hybridized carbons (Fsp3) is 0.667. The third-order valence-electron chi connectivity index (χ3n) is 16.3. The van der Waals surface area contributed by atoms with Crippen molar-refractivity contribution in [1.82, 2.24) is 41.7 Å². The number of amides is 8. The van der Waals surface area contributed by atoms with Gasteiger partial charge in [0.2, 0.25) is 47.3 Å². The summed E-state index contributed by atoms with van der Waals surface area (Å²) in [7, 11) is 0. The van der Waals surface area contributed by atoms with Gasteiger partial charge in [-0.05, 0) is 80.7 Å². The van der Waals surface area contributed by atoms with Crippen molar-refractivity contribution >= 4 is 47.3 Å². The number of aliphatic hydroxyl groups excluding tert-OH is 6. The van der Waals surface area contributed by atoms with E-state index in [-0.39, 0.29) is 31.7 Å². The highest BCUT2D eigenvalue weighted by atomic mass is 16.3. The Labute approximate surface area is 492 Å². The number of unbranched alkanes of at least 4 members (excludes halogenated alkanes) is 5. The number of phenols is 1. The van der Waals surface area contributed by atoms with E-state index >= 15 is 0 Å². The number of carbonyl (C=O) groups excluding carboxylic acids is 8. The van der Waals surface area contributed by atoms with E-state index in [0.29, 0.717) is 49.6 Å². The molecule has 0 saturated carbocycles. The number of phenolic OH excluding ortho intramolecular Hbond substituents is 1. The smallest absolute Gasteiger partial charge is 0.248 e. The minimum absolute atomic E-state index is 0.0171. The standard InChI is InChI=1S/C60H93N9O15/c1-5-35(2)28-36(3)16-11-8-6-7-9-14-20-50(78)63-42-31-46(74)43(33-62-26-15-19-38-17-12-10-13-18-38)64-58(82)54-45(73)25-27-68(54)60(84)53(48(76)32-49(61)77)67-57(81)52(47(75)29-39-21-23-40(71)24-22-39)66-56(80)44-30-41(72)34-69(44)59(83)51(37(4)70)65-55(42)79/h10,12-13,17-18,21-24,35-37,41-48,51-54,62,70-76H,5-9,11,14-16,19-20,25-34H2,1-4H3,(H2,61,77)(H,63,78)(H,64,82)(H,65,79)(H,66,80)(H,67,81)/t35-,36+,37+,41+,42-,43+,44-,45-,46+,47+,48+,51-,52-,53-,54-/m0/s1. The molecule has 0 aromatic heterocycles. The van der Waals surface area contributed by atoms with Gasteiger partial charge in [-0.3, -0.25) is 38.4 Å². The number of nitrogens with two attached hydrogens (primary N) is 1. The largest absolute Gasteiger partial charge is 0.508 e. The number of nitrogens with one attached hydrogen (secondary N) is 6. The number of carbonyl (C=O) groups is 8. The lowest BCUT2D eigenvalue weighted by Crippen LogP contribution is -2.64. The molecule has 8 amide bonds. The third-order valence-corrected chi connectivity index (χ3v) is 16.3. The third kappa shape index (κ3) is 21.0. The molecule has 5 rings (SSSR count). The van der Waals surface area contributed by atoms with Crippen molar-refractivity contribution in [2.75, 3.05) is 26.2 Å². The van der Waals surface area contributed by atoms with Gasteiger partial charge in [0.15, 0.2) is 0 Å². The second kappa shape index (κ2) is 34.0. The zero-order chi connectivity index (χ0) is 61.6. The summed E-state index contributed by atoms with van der Waals surface area (Å²) in [4.78, 5) is 116. The molecule has 0 bridgehead atoms. The van der Waals surface area contributed by atoms with Crippen LogP contribution < -0.4 is 37.6 Å². The molecule has 84 heavy (non-hydrogen) atoms. The fourth-order valence-corrected chi connectivity index (χ4v) is 11.3. The number of aromatic hydroxyl groups is 1. The van der Waals surface area contributed by atoms with Crippen LogP contribution >= 0.6 is 0 Å². The van der Waals surface area contributed by atoms with Crippen molar-refractivity contribution < 1.29 is 74.1 Å². The monoisotopic (exact) mass is 1180 g/mol. The number of hydrogen-bond acceptors (Lipinski definition) is 16. The molecule has 468 valence electrons. The summed E-state index contributed by atoms with van der Waals surface area (Å²) in [5.41, 5.74) is 6.84. The van der Waals surface area contributed by atoms with Gasteiger partial charge in [-0.2, -0.15) is 0 Å². The summed E-state index contributed by atoms with van der Waals surface area (Å²) < 4.78 is 0. The Hall–Kier alpha value is -6.28. The minimum atomic E-state index is -2.13. The number of primary amides is 1. The molecule has 3 aliphatic heterocycles. The molecule has 0 radical (unpaired) electrons. The fourth-order valence-electron chi connectivity index (χ4n) is 11.3. The van der Waals surface area contributed by atoms with E-state index in [1.807, 2.05) is 30.3 Å². The first-order valence-electron chi connectivity index (χ1n) is 30.0. The van der Waals surface area contributed by atoms with E-state index in [9.17, 15) is 74.1 Å². The highest BCUT2D eigenvalue weighted by molar-refractivity contribution is 5.98. The Morgan fingerprint density at radius 2 is 1.33 bits per heavy atom. The van der Waals surface area contributed by atoms with Crippen LogP contribution in [0.1, 0.15) is 135 Å². The first-order chi connectivity index (χ1) is 40.0. The van der Waals surface area contributed by atoms with Gasteiger partial charge in [0.25, 0.3) is 0 Å². The van der Waals surface area contributed by atoms with Crippen LogP contribution in [0.25, 0.3) is 0 Å². The lowest BCUT2D eigenvalue weighted by atomic mass is 9.91. The van der Waals surface area contributed by atoms with Gasteiger partial charge in [-0.1, -0.05) is 108 Å². The molecule has 0 spiro atoms. The number of hydrogen-bond donors (Lipinski definition) is 14. The summed E-state index contributed by atoms with van der Waals surface area (Å²) >= 11 is 0. The van der Waals surface area contributed by atoms with E-state index in [2.05, 4.69) is 52.7 Å². The average Bonchev–Trinajstić information content (AvgIpc) is 2.97. The van der Waals surface area contributed by atoms with Crippen molar-refractivity contribution in [1.29, 1.82) is 0 Å². The lowest BCUT2D eigenvalue weighted by molar-refractivity contribution is -0.148. The molecule has 15 atom stereocenters. The number of fused-ring (bicyclic) bond motifs is 2. The maximum atomic E-state index is 14.8. The van der Waals surface area contributed by atoms with Crippen LogP contribution in [-0.4, -0.2) is 198 Å². The molecule has 3 heterocycles. The molecular formula is C60H93N9O15. The van der Waals surface area contributed by atoms with Gasteiger partial charge in [0, 0.05) is 45.3 Å². The zero-order valence-corrected chi connectivity index (χ0v) is 49.1. The second-order valence-corrected chi connectivity index (χ2v) is 23.4. The van der Waals surface area contributed by atoms with Crippen LogP contribution in [0.3, 0.4) is 0 Å². The van der Waals surface area contributed by atoms with Crippen LogP contribution in [0.15, 0.2) is 54.6 Å². The summed E-state index contributed by atoms with van der Waals surface area (Å²) in [6, 6.07) is 2.65. The molecule has 3 aliphatic rings. The Morgan fingerprint density at radius 1 is 0.690 bits per heavy atom. The Bertz CT molecular complexity index is 2460. The molecule has 3 saturated heterocycles. The van der Waals surface area contributed by atoms with Crippen LogP contribution in [-0.2, 0) is 51.2 Å². The summed E-state index contributed by atoms with van der Waals surface area (Å²) in [5.74, 6) is -7.29. The van der Waals surface area contributed by atoms with Gasteiger partial charge >= 0.3 is 0 Å². The van der Waals surface area contributed by atoms with E-state index < -0.39 is 158 Å². The predicted molar refractivity (Wildman–Crippen MR) is 310 cm³/mol. The molecule has 0 aliphatic carbocycles. The molecule has 3 fully saturated rings. The highest BCUT2D eigenvalue weighted by Crippen LogP contribution is 2.25. The quantitative estimate of drug-likeness (QED) is 0.0525. The van der Waals surface area contributed by atoms with Gasteiger partial charge < -0.3 is 83.2 Å². The van der Waals surface area contributed by atoms with Crippen LogP contribution in [0.4, 0.5) is 0 Å². The average molecular weight is 1180 g/mol. The summed E-state index contributed by atoms with van der Waals surface area (Å²) in [6.07, 6.45) is -2.93. The first kappa shape index (κ1) is 68.5. The number of aryl methyl sites for hydroxylation is 1. The second-order valence-electron chi connectivity index (χ2n) is 23.4. The van der Waals surface area contributed by atoms with Crippen LogP contribution in [0.5, 0.6) is 5.75 Å². The van der Waals surface area contributed by atoms with E-state index in [1.165, 1.54) is 37.6 Å². The van der Waals surface area contributed by atoms with Crippen molar-refractivity contribution in [3.05, 3.63) is 65.7 Å². The van der Waals surface area contributed by atoms with Crippen molar-refractivity contribution in [2.24, 2.45) is 17.6 Å².